The van der Waals surface area contributed by atoms with Crippen molar-refractivity contribution in [3.8, 4) is 0 Å². The number of hydrogen-bond acceptors (Lipinski definition) is 2. The fourth-order valence-electron chi connectivity index (χ4n) is 5.21. The molecule has 2 nitrogen and oxygen atoms in total. The fraction of sp³-hybridized carbons (Fsp3) is 1.00. The smallest absolute Gasteiger partial charge is 0.344 e. The maximum absolute atomic E-state index is 6.82. The van der Waals surface area contributed by atoms with Gasteiger partial charge < -0.3 is 8.85 Å². The molecular weight excluding hydrogens is 312 g/mol. The molecule has 0 aliphatic heterocycles. The van der Waals surface area contributed by atoms with E-state index in [-0.39, 0.29) is 0 Å². The molecule has 0 aromatic rings. The lowest BCUT2D eigenvalue weighted by molar-refractivity contribution is 0.115. The van der Waals surface area contributed by atoms with Crippen molar-refractivity contribution < 1.29 is 8.85 Å². The summed E-state index contributed by atoms with van der Waals surface area (Å²) in [5, 5.41) is 0. The minimum Gasteiger partial charge on any atom is -0.394 e. The van der Waals surface area contributed by atoms with Crippen LogP contribution in [0.3, 0.4) is 0 Å². The quantitative estimate of drug-likeness (QED) is 0.445. The van der Waals surface area contributed by atoms with Crippen molar-refractivity contribution in [2.75, 3.05) is 13.2 Å². The molecule has 0 N–H and O–H groups in total. The van der Waals surface area contributed by atoms with Gasteiger partial charge in [0, 0.05) is 24.3 Å². The number of rotatable bonds is 8. The van der Waals surface area contributed by atoms with Crippen molar-refractivity contribution in [2.24, 2.45) is 11.3 Å². The molecule has 0 heterocycles. The summed E-state index contributed by atoms with van der Waals surface area (Å²) < 4.78 is 13.6. The molecule has 142 valence electrons. The van der Waals surface area contributed by atoms with Crippen LogP contribution in [0.4, 0.5) is 0 Å². The van der Waals surface area contributed by atoms with E-state index in [1.54, 1.807) is 0 Å². The molecule has 2 aliphatic carbocycles. The molecule has 2 rings (SSSR count). The molecule has 2 fully saturated rings. The van der Waals surface area contributed by atoms with Gasteiger partial charge in [-0.1, -0.05) is 53.9 Å². The highest BCUT2D eigenvalue weighted by atomic mass is 28.4. The lowest BCUT2D eigenvalue weighted by Crippen LogP contribution is -2.54. The third-order valence-corrected chi connectivity index (χ3v) is 10.9. The summed E-state index contributed by atoms with van der Waals surface area (Å²) in [6.45, 7) is 13.6. The van der Waals surface area contributed by atoms with E-state index in [0.717, 1.165) is 37.5 Å². The van der Waals surface area contributed by atoms with Crippen LogP contribution in [-0.4, -0.2) is 21.8 Å². The first-order valence-corrected chi connectivity index (χ1v) is 12.7. The fourth-order valence-corrected chi connectivity index (χ4v) is 10.7. The molecule has 0 spiro atoms. The van der Waals surface area contributed by atoms with Crippen molar-refractivity contribution >= 4 is 8.56 Å². The van der Waals surface area contributed by atoms with E-state index in [1.165, 1.54) is 51.4 Å². The highest BCUT2D eigenvalue weighted by Crippen LogP contribution is 2.53. The van der Waals surface area contributed by atoms with Crippen LogP contribution < -0.4 is 0 Å². The van der Waals surface area contributed by atoms with Crippen LogP contribution in [0.1, 0.15) is 98.8 Å². The first-order valence-electron chi connectivity index (χ1n) is 10.7. The average molecular weight is 355 g/mol. The summed E-state index contributed by atoms with van der Waals surface area (Å²) in [7, 11) is -2.17. The van der Waals surface area contributed by atoms with Gasteiger partial charge in [0.2, 0.25) is 0 Å². The van der Waals surface area contributed by atoms with Crippen LogP contribution >= 0.6 is 0 Å². The second-order valence-electron chi connectivity index (χ2n) is 9.34. The molecule has 0 saturated heterocycles. The maximum atomic E-state index is 6.82. The van der Waals surface area contributed by atoms with Crippen molar-refractivity contribution in [3.05, 3.63) is 0 Å². The van der Waals surface area contributed by atoms with Crippen LogP contribution in [0.5, 0.6) is 0 Å². The van der Waals surface area contributed by atoms with Crippen molar-refractivity contribution in [1.29, 1.82) is 0 Å². The van der Waals surface area contributed by atoms with Gasteiger partial charge >= 0.3 is 8.56 Å². The summed E-state index contributed by atoms with van der Waals surface area (Å²) in [6.07, 6.45) is 13.1. The van der Waals surface area contributed by atoms with Gasteiger partial charge in [0.05, 0.1) is 0 Å². The first kappa shape index (κ1) is 20.4. The zero-order valence-corrected chi connectivity index (χ0v) is 18.0. The zero-order valence-electron chi connectivity index (χ0n) is 17.0. The van der Waals surface area contributed by atoms with Crippen LogP contribution in [0.25, 0.3) is 0 Å². The third-order valence-electron chi connectivity index (χ3n) is 6.34. The molecule has 3 atom stereocenters. The molecule has 0 aromatic carbocycles. The van der Waals surface area contributed by atoms with Crippen LogP contribution in [-0.2, 0) is 8.85 Å². The Morgan fingerprint density at radius 2 is 1.54 bits per heavy atom. The van der Waals surface area contributed by atoms with Crippen molar-refractivity contribution in [2.45, 2.75) is 110 Å². The Balaban J connectivity index is 2.28. The molecule has 2 aliphatic rings. The Kier molecular flexibility index (Phi) is 7.82. The normalized spacial score (nSPS) is 31.1. The van der Waals surface area contributed by atoms with Gasteiger partial charge in [0.25, 0.3) is 0 Å². The van der Waals surface area contributed by atoms with Gasteiger partial charge in [-0.05, 0) is 56.3 Å². The van der Waals surface area contributed by atoms with E-state index in [4.69, 9.17) is 8.85 Å². The summed E-state index contributed by atoms with van der Waals surface area (Å²) in [6, 6.07) is 0. The van der Waals surface area contributed by atoms with E-state index in [9.17, 15) is 0 Å². The van der Waals surface area contributed by atoms with Gasteiger partial charge in [0.15, 0.2) is 0 Å². The summed E-state index contributed by atoms with van der Waals surface area (Å²) in [5.74, 6) is 0.850. The highest BCUT2D eigenvalue weighted by molar-refractivity contribution is 6.70. The lowest BCUT2D eigenvalue weighted by Gasteiger charge is -2.49. The summed E-state index contributed by atoms with van der Waals surface area (Å²) in [4.78, 5) is 0. The van der Waals surface area contributed by atoms with Crippen LogP contribution in [0.2, 0.25) is 11.1 Å². The standard InChI is InChI=1S/C21H42O2Si/c1-6-14-22-24(23-15-7-2,19-11-8-10-18(3)16-19)20-12-9-13-21(4,5)17-20/h18-20H,6-17H2,1-5H3. The molecular formula is C21H42O2Si. The van der Waals surface area contributed by atoms with E-state index in [2.05, 4.69) is 34.6 Å². The van der Waals surface area contributed by atoms with Gasteiger partial charge in [-0.15, -0.1) is 0 Å². The maximum Gasteiger partial charge on any atom is 0.344 e. The molecule has 0 radical (unpaired) electrons. The van der Waals surface area contributed by atoms with E-state index in [1.807, 2.05) is 0 Å². The lowest BCUT2D eigenvalue weighted by atomic mass is 9.77. The first-order chi connectivity index (χ1) is 11.4. The Morgan fingerprint density at radius 1 is 0.917 bits per heavy atom. The van der Waals surface area contributed by atoms with Crippen molar-refractivity contribution in [3.63, 3.8) is 0 Å². The Bertz CT molecular complexity index is 361. The topological polar surface area (TPSA) is 18.5 Å². The minimum atomic E-state index is -2.17. The van der Waals surface area contributed by atoms with E-state index in [0.29, 0.717) is 11.0 Å². The summed E-state index contributed by atoms with van der Waals surface area (Å²) >= 11 is 0. The van der Waals surface area contributed by atoms with Crippen LogP contribution in [0.15, 0.2) is 0 Å². The molecule has 0 bridgehead atoms. The molecule has 2 saturated carbocycles. The van der Waals surface area contributed by atoms with E-state index >= 15 is 0 Å². The van der Waals surface area contributed by atoms with Gasteiger partial charge in [0.1, 0.15) is 0 Å². The molecule has 3 heteroatoms. The molecule has 0 amide bonds. The third kappa shape index (κ3) is 5.08. The largest absolute Gasteiger partial charge is 0.394 e. The molecule has 0 aromatic heterocycles. The Hall–Kier alpha value is 0.137. The van der Waals surface area contributed by atoms with E-state index < -0.39 is 8.56 Å². The molecule has 24 heavy (non-hydrogen) atoms. The van der Waals surface area contributed by atoms with Crippen molar-refractivity contribution in [1.82, 2.24) is 0 Å². The average Bonchev–Trinajstić information content (AvgIpc) is 2.54. The van der Waals surface area contributed by atoms with Crippen LogP contribution in [0, 0.1) is 11.3 Å². The zero-order chi connectivity index (χ0) is 17.6. The predicted octanol–water partition coefficient (Wildman–Crippen LogP) is 6.83. The Labute approximate surface area is 152 Å². The predicted molar refractivity (Wildman–Crippen MR) is 106 cm³/mol. The second-order valence-corrected chi connectivity index (χ2v) is 13.0. The second kappa shape index (κ2) is 9.18. The summed E-state index contributed by atoms with van der Waals surface area (Å²) in [5.41, 5.74) is 1.89. The van der Waals surface area contributed by atoms with Gasteiger partial charge in [-0.3, -0.25) is 0 Å². The highest BCUT2D eigenvalue weighted by Gasteiger charge is 2.54. The number of hydrogen-bond donors (Lipinski definition) is 0. The van der Waals surface area contributed by atoms with Gasteiger partial charge in [-0.2, -0.15) is 0 Å². The monoisotopic (exact) mass is 354 g/mol. The van der Waals surface area contributed by atoms with Gasteiger partial charge in [-0.25, -0.2) is 0 Å². The molecule has 3 unspecified atom stereocenters. The minimum absolute atomic E-state index is 0.465. The SMILES string of the molecule is CCCO[Si](OCCC)(C1CCCC(C)C1)C1CCCC(C)(C)C1. The Morgan fingerprint density at radius 3 is 2.08 bits per heavy atom.